The molecule has 0 spiro atoms. The largest absolute Gasteiger partial charge is 0.384 e. The molecular weight excluding hydrogens is 312 g/mol. The van der Waals surface area contributed by atoms with Crippen molar-refractivity contribution in [2.75, 3.05) is 31.7 Å². The molecule has 8 heteroatoms. The molecule has 23 heavy (non-hydrogen) atoms. The first kappa shape index (κ1) is 15.0. The van der Waals surface area contributed by atoms with Crippen molar-refractivity contribution in [3.05, 3.63) is 18.0 Å². The lowest BCUT2D eigenvalue weighted by molar-refractivity contribution is 0.201. The van der Waals surface area contributed by atoms with Crippen molar-refractivity contribution in [1.29, 1.82) is 0 Å². The molecule has 3 heterocycles. The summed E-state index contributed by atoms with van der Waals surface area (Å²) in [5.74, 6) is 2.60. The molecule has 0 amide bonds. The zero-order chi connectivity index (χ0) is 15.6. The van der Waals surface area contributed by atoms with Gasteiger partial charge in [-0.05, 0) is 25.7 Å². The van der Waals surface area contributed by atoms with Gasteiger partial charge in [0.1, 0.15) is 18.0 Å². The Balaban J connectivity index is 1.37. The highest BCUT2D eigenvalue weighted by Gasteiger charge is 2.31. The summed E-state index contributed by atoms with van der Waals surface area (Å²) in [4.78, 5) is 6.98. The van der Waals surface area contributed by atoms with Crippen LogP contribution in [-0.2, 0) is 11.2 Å². The summed E-state index contributed by atoms with van der Waals surface area (Å²) in [6.07, 6.45) is 7.47. The summed E-state index contributed by atoms with van der Waals surface area (Å²) < 4.78 is 11.8. The Morgan fingerprint density at radius 2 is 2.09 bits per heavy atom. The Morgan fingerprint density at radius 1 is 1.26 bits per heavy atom. The van der Waals surface area contributed by atoms with Gasteiger partial charge >= 0.3 is 0 Å². The van der Waals surface area contributed by atoms with Gasteiger partial charge in [-0.2, -0.15) is 4.37 Å². The molecule has 4 rings (SSSR count). The minimum atomic E-state index is 0.523. The van der Waals surface area contributed by atoms with Gasteiger partial charge in [-0.15, -0.1) is 10.2 Å². The topological polar surface area (TPSA) is 69.0 Å². The van der Waals surface area contributed by atoms with E-state index in [9.17, 15) is 0 Å². The van der Waals surface area contributed by atoms with Gasteiger partial charge in [0.25, 0.3) is 0 Å². The third-order valence-electron chi connectivity index (χ3n) is 4.66. The van der Waals surface area contributed by atoms with E-state index in [1.54, 1.807) is 7.11 Å². The predicted octanol–water partition coefficient (Wildman–Crippen LogP) is 2.04. The average Bonchev–Trinajstić information content (AvgIpc) is 3.13. The quantitative estimate of drug-likeness (QED) is 0.805. The number of nitrogens with zero attached hydrogens (tertiary/aromatic N) is 6. The molecule has 0 aromatic carbocycles. The van der Waals surface area contributed by atoms with Gasteiger partial charge in [-0.25, -0.2) is 4.98 Å². The molecule has 2 aromatic rings. The van der Waals surface area contributed by atoms with Gasteiger partial charge in [0, 0.05) is 50.1 Å². The highest BCUT2D eigenvalue weighted by atomic mass is 32.1. The molecule has 1 saturated heterocycles. The van der Waals surface area contributed by atoms with E-state index in [1.807, 2.05) is 6.33 Å². The lowest BCUT2D eigenvalue weighted by Gasteiger charge is -2.31. The third-order valence-corrected chi connectivity index (χ3v) is 5.47. The molecule has 0 N–H and O–H groups in total. The molecule has 1 aliphatic heterocycles. The fourth-order valence-electron chi connectivity index (χ4n) is 3.17. The Morgan fingerprint density at radius 3 is 2.83 bits per heavy atom. The zero-order valence-corrected chi connectivity index (χ0v) is 14.2. The van der Waals surface area contributed by atoms with E-state index in [4.69, 9.17) is 4.74 Å². The van der Waals surface area contributed by atoms with Gasteiger partial charge in [0.05, 0.1) is 6.61 Å². The fourth-order valence-corrected chi connectivity index (χ4v) is 3.94. The van der Waals surface area contributed by atoms with Gasteiger partial charge in [-0.1, -0.05) is 0 Å². The molecule has 1 aliphatic carbocycles. The second-order valence-corrected chi connectivity index (χ2v) is 7.06. The van der Waals surface area contributed by atoms with Crippen molar-refractivity contribution < 1.29 is 4.74 Å². The Kier molecular flexibility index (Phi) is 4.26. The molecule has 2 aliphatic rings. The highest BCUT2D eigenvalue weighted by molar-refractivity contribution is 7.09. The van der Waals surface area contributed by atoms with E-state index in [0.717, 1.165) is 43.3 Å². The van der Waals surface area contributed by atoms with E-state index >= 15 is 0 Å². The van der Waals surface area contributed by atoms with E-state index in [0.29, 0.717) is 18.6 Å². The molecule has 0 atom stereocenters. The summed E-state index contributed by atoms with van der Waals surface area (Å²) in [7, 11) is 1.71. The van der Waals surface area contributed by atoms with E-state index in [1.165, 1.54) is 30.2 Å². The lowest BCUT2D eigenvalue weighted by atomic mass is 9.96. The smallest absolute Gasteiger partial charge is 0.205 e. The number of rotatable bonds is 6. The predicted molar refractivity (Wildman–Crippen MR) is 88.0 cm³/mol. The van der Waals surface area contributed by atoms with Crippen LogP contribution in [0.15, 0.2) is 6.33 Å². The molecule has 124 valence electrons. The Labute approximate surface area is 139 Å². The number of hydrogen-bond acceptors (Lipinski definition) is 7. The van der Waals surface area contributed by atoms with E-state index < -0.39 is 0 Å². The zero-order valence-electron chi connectivity index (χ0n) is 13.4. The van der Waals surface area contributed by atoms with Crippen LogP contribution in [0.5, 0.6) is 0 Å². The molecule has 0 radical (unpaired) electrons. The van der Waals surface area contributed by atoms with Crippen molar-refractivity contribution in [3.63, 3.8) is 0 Å². The molecule has 0 unspecified atom stereocenters. The standard InChI is InChI=1S/C15H22N6OS/c1-22-9-6-13-17-15(23-19-13)20-7-4-11(5-8-20)14-18-16-10-21(14)12-2-3-12/h10-12H,2-9H2,1H3. The fraction of sp³-hybridized carbons (Fsp3) is 0.733. The minimum Gasteiger partial charge on any atom is -0.384 e. The normalized spacial score (nSPS) is 19.4. The maximum atomic E-state index is 5.09. The van der Waals surface area contributed by atoms with E-state index in [2.05, 4.69) is 29.0 Å². The van der Waals surface area contributed by atoms with Crippen molar-refractivity contribution in [2.45, 2.75) is 44.1 Å². The molecular formula is C15H22N6OS. The van der Waals surface area contributed by atoms with Gasteiger partial charge in [0.2, 0.25) is 5.13 Å². The number of ether oxygens (including phenoxy) is 1. The van der Waals surface area contributed by atoms with Crippen LogP contribution in [-0.4, -0.2) is 50.9 Å². The minimum absolute atomic E-state index is 0.523. The maximum absolute atomic E-state index is 5.09. The van der Waals surface area contributed by atoms with Crippen LogP contribution >= 0.6 is 11.5 Å². The SMILES string of the molecule is COCCc1nsc(N2CCC(c3nncn3C3CC3)CC2)n1. The second kappa shape index (κ2) is 6.52. The van der Waals surface area contributed by atoms with Crippen molar-refractivity contribution in [1.82, 2.24) is 24.1 Å². The van der Waals surface area contributed by atoms with Crippen molar-refractivity contribution in [3.8, 4) is 0 Å². The van der Waals surface area contributed by atoms with Gasteiger partial charge in [0.15, 0.2) is 0 Å². The number of hydrogen-bond donors (Lipinski definition) is 0. The molecule has 2 aromatic heterocycles. The highest BCUT2D eigenvalue weighted by Crippen LogP contribution is 2.38. The first-order chi connectivity index (χ1) is 11.3. The average molecular weight is 334 g/mol. The maximum Gasteiger partial charge on any atom is 0.205 e. The Bertz CT molecular complexity index is 644. The Hall–Kier alpha value is -1.54. The third kappa shape index (κ3) is 3.23. The number of methoxy groups -OCH3 is 1. The second-order valence-electron chi connectivity index (χ2n) is 6.32. The number of anilines is 1. The first-order valence-electron chi connectivity index (χ1n) is 8.31. The molecule has 1 saturated carbocycles. The molecule has 7 nitrogen and oxygen atoms in total. The lowest BCUT2D eigenvalue weighted by Crippen LogP contribution is -2.33. The summed E-state index contributed by atoms with van der Waals surface area (Å²) in [5.41, 5.74) is 0. The van der Waals surface area contributed by atoms with Crippen LogP contribution in [0.4, 0.5) is 5.13 Å². The summed E-state index contributed by atoms with van der Waals surface area (Å²) in [6.45, 7) is 2.71. The van der Waals surface area contributed by atoms with Crippen LogP contribution in [0.3, 0.4) is 0 Å². The van der Waals surface area contributed by atoms with Crippen LogP contribution < -0.4 is 4.90 Å². The van der Waals surface area contributed by atoms with Crippen LogP contribution in [0.1, 0.15) is 49.3 Å². The van der Waals surface area contributed by atoms with Gasteiger partial charge in [-0.3, -0.25) is 0 Å². The number of aromatic nitrogens is 5. The van der Waals surface area contributed by atoms with Crippen LogP contribution in [0.2, 0.25) is 0 Å². The first-order valence-corrected chi connectivity index (χ1v) is 9.08. The molecule has 2 fully saturated rings. The van der Waals surface area contributed by atoms with Gasteiger partial charge < -0.3 is 14.2 Å². The number of piperidine rings is 1. The van der Waals surface area contributed by atoms with Crippen LogP contribution in [0, 0.1) is 0 Å². The molecule has 0 bridgehead atoms. The summed E-state index contributed by atoms with van der Waals surface area (Å²) in [5, 5.41) is 9.57. The van der Waals surface area contributed by atoms with Crippen molar-refractivity contribution >= 4 is 16.7 Å². The van der Waals surface area contributed by atoms with E-state index in [-0.39, 0.29) is 0 Å². The summed E-state index contributed by atoms with van der Waals surface area (Å²) in [6, 6.07) is 0.657. The van der Waals surface area contributed by atoms with Crippen molar-refractivity contribution in [2.24, 2.45) is 0 Å². The monoisotopic (exact) mass is 334 g/mol. The van der Waals surface area contributed by atoms with Crippen LogP contribution in [0.25, 0.3) is 0 Å². The summed E-state index contributed by atoms with van der Waals surface area (Å²) >= 11 is 1.50.